The van der Waals surface area contributed by atoms with Gasteiger partial charge in [0.1, 0.15) is 11.4 Å². The van der Waals surface area contributed by atoms with Crippen molar-refractivity contribution in [2.24, 2.45) is 0 Å². The van der Waals surface area contributed by atoms with E-state index in [-0.39, 0.29) is 5.91 Å². The van der Waals surface area contributed by atoms with E-state index in [1.165, 1.54) is 11.3 Å². The van der Waals surface area contributed by atoms with Crippen LogP contribution >= 0.6 is 11.3 Å². The van der Waals surface area contributed by atoms with E-state index in [1.54, 1.807) is 18.0 Å². The van der Waals surface area contributed by atoms with Crippen LogP contribution in [0, 0.1) is 6.92 Å². The lowest BCUT2D eigenvalue weighted by Crippen LogP contribution is -2.12. The van der Waals surface area contributed by atoms with Crippen molar-refractivity contribution in [2.45, 2.75) is 6.92 Å². The molecule has 0 radical (unpaired) electrons. The van der Waals surface area contributed by atoms with E-state index in [0.29, 0.717) is 17.1 Å². The Morgan fingerprint density at radius 2 is 2.29 bits per heavy atom. The normalized spacial score (nSPS) is 10.0. The summed E-state index contributed by atoms with van der Waals surface area (Å²) in [6.07, 6.45) is 0. The first-order chi connectivity index (χ1) is 8.20. The van der Waals surface area contributed by atoms with Gasteiger partial charge in [0, 0.05) is 5.38 Å². The van der Waals surface area contributed by atoms with Crippen LogP contribution in [0.4, 0.5) is 5.69 Å². The van der Waals surface area contributed by atoms with Crippen LogP contribution in [0.2, 0.25) is 0 Å². The van der Waals surface area contributed by atoms with Gasteiger partial charge in [-0.3, -0.25) is 4.79 Å². The maximum Gasteiger partial charge on any atom is 0.275 e. The molecular weight excluding hydrogens is 236 g/mol. The Labute approximate surface area is 103 Å². The van der Waals surface area contributed by atoms with Crippen molar-refractivity contribution in [3.8, 4) is 5.75 Å². The molecule has 2 rings (SSSR count). The van der Waals surface area contributed by atoms with Crippen LogP contribution in [0.15, 0.2) is 29.1 Å². The number of aromatic nitrogens is 1. The van der Waals surface area contributed by atoms with Crippen LogP contribution < -0.4 is 10.1 Å². The minimum Gasteiger partial charge on any atom is -0.495 e. The number of hydrogen-bond donors (Lipinski definition) is 1. The highest BCUT2D eigenvalue weighted by atomic mass is 32.1. The summed E-state index contributed by atoms with van der Waals surface area (Å²) in [5.74, 6) is 0.419. The summed E-state index contributed by atoms with van der Waals surface area (Å²) < 4.78 is 5.21. The summed E-state index contributed by atoms with van der Waals surface area (Å²) in [7, 11) is 1.58. The number of anilines is 1. The van der Waals surface area contributed by atoms with Crippen LogP contribution in [0.1, 0.15) is 16.1 Å². The highest BCUT2D eigenvalue weighted by Gasteiger charge is 2.10. The molecule has 0 spiro atoms. The number of nitrogens with one attached hydrogen (secondary N) is 1. The fraction of sp³-hybridized carbons (Fsp3) is 0.167. The van der Waals surface area contributed by atoms with Crippen LogP contribution in [0.5, 0.6) is 5.75 Å². The largest absolute Gasteiger partial charge is 0.495 e. The second-order valence-electron chi connectivity index (χ2n) is 3.53. The topological polar surface area (TPSA) is 51.2 Å². The molecule has 0 saturated heterocycles. The zero-order chi connectivity index (χ0) is 12.3. The van der Waals surface area contributed by atoms with Crippen molar-refractivity contribution >= 4 is 22.9 Å². The summed E-state index contributed by atoms with van der Waals surface area (Å²) in [6.45, 7) is 1.97. The molecule has 1 N–H and O–H groups in total. The van der Waals surface area contributed by atoms with Crippen molar-refractivity contribution in [1.29, 1.82) is 0 Å². The number of nitrogens with zero attached hydrogens (tertiary/aromatic N) is 1. The van der Waals surface area contributed by atoms with E-state index in [4.69, 9.17) is 4.74 Å². The first-order valence-corrected chi connectivity index (χ1v) is 5.99. The summed E-state index contributed by atoms with van der Waals surface area (Å²) in [5, 5.41) is 4.48. The van der Waals surface area contributed by atoms with Crippen molar-refractivity contribution in [1.82, 2.24) is 4.98 Å². The Hall–Kier alpha value is -1.88. The average molecular weight is 248 g/mol. The third-order valence-corrected chi connectivity index (χ3v) is 2.86. The zero-order valence-electron chi connectivity index (χ0n) is 9.56. The molecule has 0 bridgehead atoms. The van der Waals surface area contributed by atoms with Gasteiger partial charge in [-0.25, -0.2) is 4.98 Å². The van der Waals surface area contributed by atoms with Crippen molar-refractivity contribution in [3.63, 3.8) is 0 Å². The molecule has 1 amide bonds. The van der Waals surface area contributed by atoms with Gasteiger partial charge in [0.25, 0.3) is 5.91 Å². The Morgan fingerprint density at radius 1 is 1.47 bits per heavy atom. The van der Waals surface area contributed by atoms with Gasteiger partial charge in [-0.05, 0) is 24.6 Å². The van der Waals surface area contributed by atoms with Gasteiger partial charge in [-0.2, -0.15) is 0 Å². The summed E-state index contributed by atoms with van der Waals surface area (Å²) >= 11 is 1.39. The zero-order valence-corrected chi connectivity index (χ0v) is 10.4. The third-order valence-electron chi connectivity index (χ3n) is 2.27. The van der Waals surface area contributed by atoms with E-state index >= 15 is 0 Å². The number of ether oxygens (including phenoxy) is 1. The average Bonchev–Trinajstić information content (AvgIpc) is 2.85. The van der Waals surface area contributed by atoms with E-state index < -0.39 is 0 Å². The molecule has 88 valence electrons. The summed E-state index contributed by atoms with van der Waals surface area (Å²) in [4.78, 5) is 15.8. The maximum absolute atomic E-state index is 11.8. The molecule has 17 heavy (non-hydrogen) atoms. The monoisotopic (exact) mass is 248 g/mol. The molecule has 0 atom stereocenters. The third kappa shape index (κ3) is 2.62. The molecule has 1 heterocycles. The fourth-order valence-corrected chi connectivity index (χ4v) is 1.94. The summed E-state index contributed by atoms with van der Waals surface area (Å²) in [6, 6.07) is 5.61. The maximum atomic E-state index is 11.8. The number of hydrogen-bond acceptors (Lipinski definition) is 4. The van der Waals surface area contributed by atoms with Gasteiger partial charge >= 0.3 is 0 Å². The predicted molar refractivity (Wildman–Crippen MR) is 67.8 cm³/mol. The quantitative estimate of drug-likeness (QED) is 0.908. The number of carbonyl (C=O) groups excluding carboxylic acids is 1. The molecule has 0 unspecified atom stereocenters. The lowest BCUT2D eigenvalue weighted by atomic mass is 10.2. The van der Waals surface area contributed by atoms with Gasteiger partial charge in [-0.15, -0.1) is 11.3 Å². The molecule has 2 aromatic rings. The number of thiazole rings is 1. The van der Waals surface area contributed by atoms with Crippen molar-refractivity contribution in [2.75, 3.05) is 12.4 Å². The molecular formula is C12H12N2O2S. The summed E-state index contributed by atoms with van der Waals surface area (Å²) in [5.41, 5.74) is 3.77. The van der Waals surface area contributed by atoms with E-state index in [2.05, 4.69) is 10.3 Å². The molecule has 0 aliphatic carbocycles. The van der Waals surface area contributed by atoms with Gasteiger partial charge in [0.2, 0.25) is 0 Å². The Balaban J connectivity index is 2.21. The molecule has 0 aliphatic rings. The predicted octanol–water partition coefficient (Wildman–Crippen LogP) is 2.71. The van der Waals surface area contributed by atoms with Crippen molar-refractivity contribution < 1.29 is 9.53 Å². The van der Waals surface area contributed by atoms with E-state index in [0.717, 1.165) is 5.56 Å². The number of aryl methyl sites for hydroxylation is 1. The smallest absolute Gasteiger partial charge is 0.275 e. The Morgan fingerprint density at radius 3 is 2.94 bits per heavy atom. The van der Waals surface area contributed by atoms with Gasteiger partial charge in [0.05, 0.1) is 18.3 Å². The highest BCUT2D eigenvalue weighted by Crippen LogP contribution is 2.25. The minimum absolute atomic E-state index is 0.228. The number of methoxy groups -OCH3 is 1. The SMILES string of the molecule is COc1cc(C)ccc1NC(=O)c1cscn1. The van der Waals surface area contributed by atoms with E-state index in [9.17, 15) is 4.79 Å². The van der Waals surface area contributed by atoms with Crippen molar-refractivity contribution in [3.05, 3.63) is 40.3 Å². The first-order valence-electron chi connectivity index (χ1n) is 5.05. The second-order valence-corrected chi connectivity index (χ2v) is 4.25. The van der Waals surface area contributed by atoms with E-state index in [1.807, 2.05) is 25.1 Å². The number of carbonyl (C=O) groups is 1. The number of benzene rings is 1. The molecule has 1 aromatic carbocycles. The number of rotatable bonds is 3. The highest BCUT2D eigenvalue weighted by molar-refractivity contribution is 7.07. The lowest BCUT2D eigenvalue weighted by molar-refractivity contribution is 0.102. The Kier molecular flexibility index (Phi) is 3.39. The lowest BCUT2D eigenvalue weighted by Gasteiger charge is -2.09. The van der Waals surface area contributed by atoms with Gasteiger partial charge in [-0.1, -0.05) is 6.07 Å². The molecule has 0 saturated carbocycles. The van der Waals surface area contributed by atoms with Gasteiger partial charge in [0.15, 0.2) is 0 Å². The second kappa shape index (κ2) is 4.97. The standard InChI is InChI=1S/C12H12N2O2S/c1-8-3-4-9(11(5-8)16-2)14-12(15)10-6-17-7-13-10/h3-7H,1-2H3,(H,14,15). The Bertz CT molecular complexity index is 523. The molecule has 0 aliphatic heterocycles. The van der Waals surface area contributed by atoms with Crippen LogP contribution in [0.3, 0.4) is 0 Å². The van der Waals surface area contributed by atoms with Crippen LogP contribution in [-0.2, 0) is 0 Å². The molecule has 1 aromatic heterocycles. The first kappa shape index (κ1) is 11.6. The number of amides is 1. The fourth-order valence-electron chi connectivity index (χ4n) is 1.41. The van der Waals surface area contributed by atoms with Crippen LogP contribution in [-0.4, -0.2) is 18.0 Å². The molecule has 0 fully saturated rings. The molecule has 4 nitrogen and oxygen atoms in total. The van der Waals surface area contributed by atoms with Gasteiger partial charge < -0.3 is 10.1 Å². The van der Waals surface area contributed by atoms with Crippen LogP contribution in [0.25, 0.3) is 0 Å². The minimum atomic E-state index is -0.228. The molecule has 5 heteroatoms.